The normalized spacial score (nSPS) is 25.8. The number of aryl methyl sites for hydroxylation is 1. The van der Waals surface area contributed by atoms with Crippen molar-refractivity contribution in [3.63, 3.8) is 0 Å². The van der Waals surface area contributed by atoms with E-state index in [1.54, 1.807) is 0 Å². The van der Waals surface area contributed by atoms with E-state index in [-0.39, 0.29) is 6.10 Å². The molecule has 0 saturated carbocycles. The molecule has 1 unspecified atom stereocenters. The first-order valence-electron chi connectivity index (χ1n) is 11.1. The first-order valence-corrected chi connectivity index (χ1v) is 11.1. The van der Waals surface area contributed by atoms with E-state index in [0.29, 0.717) is 55.2 Å². The minimum atomic E-state index is -0.301. The first-order chi connectivity index (χ1) is 15.1. The van der Waals surface area contributed by atoms with Gasteiger partial charge in [-0.1, -0.05) is 0 Å². The Morgan fingerprint density at radius 2 is 1.97 bits per heavy atom. The van der Waals surface area contributed by atoms with E-state index in [1.165, 1.54) is 12.8 Å². The molecular weight excluding hydrogens is 394 g/mol. The number of rotatable bonds is 7. The number of hydrogen-bond acceptors (Lipinski definition) is 9. The van der Waals surface area contributed by atoms with E-state index in [4.69, 9.17) is 15.2 Å². The zero-order chi connectivity index (χ0) is 21.4. The zero-order valence-corrected chi connectivity index (χ0v) is 17.8. The summed E-state index contributed by atoms with van der Waals surface area (Å²) < 4.78 is 0. The monoisotopic (exact) mass is 423 g/mol. The van der Waals surface area contributed by atoms with Crippen LogP contribution >= 0.6 is 0 Å². The van der Waals surface area contributed by atoms with Crippen LogP contribution in [0.4, 0.5) is 23.4 Å². The standard InChI is InChI=1S/C21H29N9O/c1-13-7-19(28-27-13)24-18-10-20(29-11-17(31)12-29)26-21(25-18)23-14-8-15-3-4-16(9-14)30(15)6-2-5-22/h7,10,14-17,31H,2-4,6,8-9,11-12H2,1H3,(H3,23,24,25,26,27,28)/t14?,15-,16+. The number of nitrogens with zero attached hydrogens (tertiary/aromatic N) is 6. The number of anilines is 4. The molecule has 2 bridgehead atoms. The average molecular weight is 424 g/mol. The molecule has 4 N–H and O–H groups in total. The van der Waals surface area contributed by atoms with Crippen molar-refractivity contribution in [2.24, 2.45) is 0 Å². The van der Waals surface area contributed by atoms with Crippen LogP contribution < -0.4 is 15.5 Å². The summed E-state index contributed by atoms with van der Waals surface area (Å²) >= 11 is 0. The van der Waals surface area contributed by atoms with Gasteiger partial charge in [0, 0.05) is 62.0 Å². The minimum Gasteiger partial charge on any atom is -0.389 e. The number of nitriles is 1. The van der Waals surface area contributed by atoms with Crippen LogP contribution in [0, 0.1) is 18.3 Å². The summed E-state index contributed by atoms with van der Waals surface area (Å²) in [6.45, 7) is 3.99. The molecule has 31 heavy (non-hydrogen) atoms. The molecule has 164 valence electrons. The molecule has 0 spiro atoms. The zero-order valence-electron chi connectivity index (χ0n) is 17.8. The summed E-state index contributed by atoms with van der Waals surface area (Å²) in [5.41, 5.74) is 0.972. The minimum absolute atomic E-state index is 0.301. The number of fused-ring (bicyclic) bond motifs is 2. The van der Waals surface area contributed by atoms with Crippen LogP contribution in [-0.4, -0.2) is 74.0 Å². The quantitative estimate of drug-likeness (QED) is 0.526. The van der Waals surface area contributed by atoms with Gasteiger partial charge in [-0.15, -0.1) is 0 Å². The molecule has 0 amide bonds. The molecule has 5 heterocycles. The van der Waals surface area contributed by atoms with Gasteiger partial charge in [-0.05, 0) is 32.6 Å². The van der Waals surface area contributed by atoms with Gasteiger partial charge in [-0.25, -0.2) is 0 Å². The van der Waals surface area contributed by atoms with Gasteiger partial charge in [0.2, 0.25) is 5.95 Å². The lowest BCUT2D eigenvalue weighted by molar-refractivity contribution is 0.135. The number of aromatic amines is 1. The predicted molar refractivity (Wildman–Crippen MR) is 117 cm³/mol. The second-order valence-electron chi connectivity index (χ2n) is 8.90. The molecule has 3 fully saturated rings. The maximum Gasteiger partial charge on any atom is 0.226 e. The van der Waals surface area contributed by atoms with Crippen molar-refractivity contribution in [2.75, 3.05) is 35.2 Å². The van der Waals surface area contributed by atoms with E-state index in [0.717, 1.165) is 30.9 Å². The fraction of sp³-hybridized carbons (Fsp3) is 0.619. The number of H-pyrrole nitrogens is 1. The van der Waals surface area contributed by atoms with Gasteiger partial charge in [0.25, 0.3) is 0 Å². The third-order valence-electron chi connectivity index (χ3n) is 6.56. The molecule has 0 aromatic carbocycles. The second kappa shape index (κ2) is 8.32. The van der Waals surface area contributed by atoms with E-state index >= 15 is 0 Å². The molecule has 0 aliphatic carbocycles. The largest absolute Gasteiger partial charge is 0.389 e. The third kappa shape index (κ3) is 4.29. The van der Waals surface area contributed by atoms with Crippen molar-refractivity contribution in [1.29, 1.82) is 5.26 Å². The summed E-state index contributed by atoms with van der Waals surface area (Å²) in [5.74, 6) is 2.78. The number of piperidine rings is 1. The first kappa shape index (κ1) is 20.0. The van der Waals surface area contributed by atoms with Crippen molar-refractivity contribution in [3.05, 3.63) is 17.8 Å². The van der Waals surface area contributed by atoms with Gasteiger partial charge in [0.1, 0.15) is 11.6 Å². The highest BCUT2D eigenvalue weighted by Crippen LogP contribution is 2.37. The lowest BCUT2D eigenvalue weighted by Crippen LogP contribution is -2.51. The Balaban J connectivity index is 1.32. The Hall–Kier alpha value is -2.90. The molecule has 0 radical (unpaired) electrons. The highest BCUT2D eigenvalue weighted by molar-refractivity contribution is 5.60. The summed E-state index contributed by atoms with van der Waals surface area (Å²) in [5, 5.41) is 32.7. The molecule has 3 saturated heterocycles. The van der Waals surface area contributed by atoms with E-state index in [1.807, 2.05) is 24.0 Å². The molecule has 5 rings (SSSR count). The predicted octanol–water partition coefficient (Wildman–Crippen LogP) is 1.75. The third-order valence-corrected chi connectivity index (χ3v) is 6.56. The average Bonchev–Trinajstić information content (AvgIpc) is 3.22. The highest BCUT2D eigenvalue weighted by Gasteiger charge is 2.40. The molecule has 3 atom stereocenters. The van der Waals surface area contributed by atoms with E-state index in [2.05, 4.69) is 31.8 Å². The van der Waals surface area contributed by atoms with Gasteiger partial charge in [-0.2, -0.15) is 20.3 Å². The molecule has 2 aromatic rings. The number of aromatic nitrogens is 4. The van der Waals surface area contributed by atoms with Crippen LogP contribution in [0.1, 0.15) is 37.8 Å². The van der Waals surface area contributed by atoms with Crippen molar-refractivity contribution < 1.29 is 5.11 Å². The van der Waals surface area contributed by atoms with Crippen LogP contribution in [0.25, 0.3) is 0 Å². The van der Waals surface area contributed by atoms with Gasteiger partial charge in [0.05, 0.1) is 12.2 Å². The Morgan fingerprint density at radius 3 is 2.61 bits per heavy atom. The highest BCUT2D eigenvalue weighted by atomic mass is 16.3. The summed E-state index contributed by atoms with van der Waals surface area (Å²) in [7, 11) is 0. The summed E-state index contributed by atoms with van der Waals surface area (Å²) in [6, 6.07) is 7.48. The fourth-order valence-electron chi connectivity index (χ4n) is 5.10. The number of hydrogen-bond donors (Lipinski definition) is 4. The van der Waals surface area contributed by atoms with Gasteiger partial charge >= 0.3 is 0 Å². The Labute approximate surface area is 181 Å². The van der Waals surface area contributed by atoms with Crippen LogP contribution in [0.2, 0.25) is 0 Å². The molecule has 10 heteroatoms. The maximum atomic E-state index is 9.71. The van der Waals surface area contributed by atoms with Crippen LogP contribution in [0.5, 0.6) is 0 Å². The lowest BCUT2D eigenvalue weighted by atomic mass is 9.97. The van der Waals surface area contributed by atoms with Crippen LogP contribution in [0.3, 0.4) is 0 Å². The molecular formula is C21H29N9O. The Bertz CT molecular complexity index is 950. The number of aliphatic hydroxyl groups is 1. The van der Waals surface area contributed by atoms with Crippen molar-refractivity contribution in [3.8, 4) is 6.07 Å². The van der Waals surface area contributed by atoms with Crippen molar-refractivity contribution >= 4 is 23.4 Å². The summed E-state index contributed by atoms with van der Waals surface area (Å²) in [6.07, 6.45) is 4.78. The lowest BCUT2D eigenvalue weighted by Gasteiger charge is -2.39. The van der Waals surface area contributed by atoms with Crippen molar-refractivity contribution in [2.45, 2.75) is 63.3 Å². The molecule has 3 aliphatic heterocycles. The van der Waals surface area contributed by atoms with Gasteiger partial charge < -0.3 is 20.6 Å². The van der Waals surface area contributed by atoms with E-state index < -0.39 is 0 Å². The Morgan fingerprint density at radius 1 is 1.19 bits per heavy atom. The SMILES string of the molecule is Cc1cc(Nc2cc(N3CC(O)C3)nc(NC3C[C@H]4CC[C@@H](C3)N4CCC#N)n2)n[nH]1. The molecule has 3 aliphatic rings. The fourth-order valence-corrected chi connectivity index (χ4v) is 5.10. The smallest absolute Gasteiger partial charge is 0.226 e. The van der Waals surface area contributed by atoms with Crippen molar-refractivity contribution in [1.82, 2.24) is 25.1 Å². The Kier molecular flexibility index (Phi) is 5.38. The molecule has 2 aromatic heterocycles. The van der Waals surface area contributed by atoms with Crippen LogP contribution in [-0.2, 0) is 0 Å². The molecule has 10 nitrogen and oxygen atoms in total. The van der Waals surface area contributed by atoms with Gasteiger partial charge in [0.15, 0.2) is 5.82 Å². The maximum absolute atomic E-state index is 9.71. The summed E-state index contributed by atoms with van der Waals surface area (Å²) in [4.78, 5) is 14.0. The second-order valence-corrected chi connectivity index (χ2v) is 8.90. The number of nitrogens with one attached hydrogen (secondary N) is 3. The topological polar surface area (TPSA) is 129 Å². The van der Waals surface area contributed by atoms with Crippen LogP contribution in [0.15, 0.2) is 12.1 Å². The number of β-amino-alcohol motifs (C(OH)–C–C–N with tert-alkyl or cyclic N) is 1. The van der Waals surface area contributed by atoms with E-state index in [9.17, 15) is 5.11 Å². The van der Waals surface area contributed by atoms with Gasteiger partial charge in [-0.3, -0.25) is 10.00 Å². The number of aliphatic hydroxyl groups excluding tert-OH is 1.